The lowest BCUT2D eigenvalue weighted by atomic mass is 10.3. The highest BCUT2D eigenvalue weighted by Crippen LogP contribution is 2.28. The van der Waals surface area contributed by atoms with Gasteiger partial charge < -0.3 is 10.2 Å². The Morgan fingerprint density at radius 1 is 1.73 bits per heavy atom. The number of aliphatic hydroxyl groups excluding tert-OH is 1. The second kappa shape index (κ2) is 3.34. The van der Waals surface area contributed by atoms with Crippen LogP contribution in [0.4, 0.5) is 0 Å². The predicted molar refractivity (Wildman–Crippen MR) is 44.6 cm³/mol. The molecule has 3 nitrogen and oxygen atoms in total. The van der Waals surface area contributed by atoms with Crippen LogP contribution in [0.1, 0.15) is 11.0 Å². The topological polar surface area (TPSA) is 57.5 Å². The predicted octanol–water partition coefficient (Wildman–Crippen LogP) is 1.63. The number of aliphatic carboxylic acids is 1. The molecule has 0 fully saturated rings. The third-order valence-electron chi connectivity index (χ3n) is 1.13. The van der Waals surface area contributed by atoms with E-state index >= 15 is 0 Å². The van der Waals surface area contributed by atoms with Crippen molar-refractivity contribution >= 4 is 33.2 Å². The summed E-state index contributed by atoms with van der Waals surface area (Å²) in [6, 6.07) is 1.70. The molecule has 1 unspecified atom stereocenters. The van der Waals surface area contributed by atoms with Crippen LogP contribution in [0.2, 0.25) is 0 Å². The van der Waals surface area contributed by atoms with E-state index in [-0.39, 0.29) is 0 Å². The van der Waals surface area contributed by atoms with Crippen LogP contribution in [0.25, 0.3) is 0 Å². The number of rotatable bonds is 2. The van der Waals surface area contributed by atoms with Crippen molar-refractivity contribution < 1.29 is 15.0 Å². The Bertz CT molecular complexity index is 271. The first-order valence-electron chi connectivity index (χ1n) is 2.76. The van der Waals surface area contributed by atoms with Crippen molar-refractivity contribution in [2.24, 2.45) is 0 Å². The highest BCUT2D eigenvalue weighted by Gasteiger charge is 2.19. The van der Waals surface area contributed by atoms with Crippen molar-refractivity contribution in [3.63, 3.8) is 0 Å². The van der Waals surface area contributed by atoms with Crippen molar-refractivity contribution in [2.45, 2.75) is 6.10 Å². The number of halogens is 1. The largest absolute Gasteiger partial charge is 0.479 e. The monoisotopic (exact) mass is 236 g/mol. The first-order valence-corrected chi connectivity index (χ1v) is 4.44. The van der Waals surface area contributed by atoms with Crippen LogP contribution in [0, 0.1) is 0 Å². The lowest BCUT2D eigenvalue weighted by Gasteiger charge is -2.01. The van der Waals surface area contributed by atoms with Crippen LogP contribution >= 0.6 is 27.3 Å². The van der Waals surface area contributed by atoms with Gasteiger partial charge in [0, 0.05) is 4.47 Å². The fraction of sp³-hybridized carbons (Fsp3) is 0.167. The zero-order chi connectivity index (χ0) is 8.43. The number of carboxylic acids is 1. The van der Waals surface area contributed by atoms with Gasteiger partial charge in [-0.3, -0.25) is 0 Å². The summed E-state index contributed by atoms with van der Waals surface area (Å²) in [4.78, 5) is 10.7. The highest BCUT2D eigenvalue weighted by molar-refractivity contribution is 9.10. The Labute approximate surface area is 75.4 Å². The Morgan fingerprint density at radius 2 is 2.36 bits per heavy atom. The van der Waals surface area contributed by atoms with Gasteiger partial charge in [0.05, 0.1) is 4.88 Å². The Hall–Kier alpha value is -0.390. The second-order valence-corrected chi connectivity index (χ2v) is 3.68. The number of hydrogen-bond acceptors (Lipinski definition) is 3. The lowest BCUT2D eigenvalue weighted by molar-refractivity contribution is -0.146. The fourth-order valence-electron chi connectivity index (χ4n) is 0.613. The summed E-state index contributed by atoms with van der Waals surface area (Å²) in [6.07, 6.45) is -1.41. The van der Waals surface area contributed by atoms with Gasteiger partial charge in [0.2, 0.25) is 0 Å². The van der Waals surface area contributed by atoms with E-state index in [0.717, 1.165) is 0 Å². The molecule has 0 aromatic carbocycles. The molecular weight excluding hydrogens is 232 g/mol. The number of thiophene rings is 1. The molecule has 0 radical (unpaired) electrons. The maximum Gasteiger partial charge on any atom is 0.338 e. The van der Waals surface area contributed by atoms with Crippen LogP contribution < -0.4 is 0 Å². The van der Waals surface area contributed by atoms with Crippen molar-refractivity contribution in [3.8, 4) is 0 Å². The van der Waals surface area contributed by atoms with Gasteiger partial charge in [0.25, 0.3) is 0 Å². The van der Waals surface area contributed by atoms with Crippen LogP contribution in [0.15, 0.2) is 15.9 Å². The van der Waals surface area contributed by atoms with E-state index in [4.69, 9.17) is 10.2 Å². The molecule has 0 bridgehead atoms. The van der Waals surface area contributed by atoms with Gasteiger partial charge in [-0.05, 0) is 27.4 Å². The van der Waals surface area contributed by atoms with E-state index < -0.39 is 12.1 Å². The lowest BCUT2D eigenvalue weighted by Crippen LogP contribution is -2.08. The molecule has 5 heteroatoms. The molecule has 0 aliphatic rings. The van der Waals surface area contributed by atoms with Gasteiger partial charge in [-0.15, -0.1) is 11.3 Å². The molecule has 0 saturated heterocycles. The molecule has 0 aliphatic carbocycles. The first kappa shape index (κ1) is 8.70. The quantitative estimate of drug-likeness (QED) is 0.821. The number of aliphatic hydroxyl groups is 1. The number of carboxylic acid groups (broad SMARTS) is 1. The Balaban J connectivity index is 2.92. The standard InChI is InChI=1S/C6H5BrO3S/c7-3-1-2-11-5(3)4(8)6(9)10/h1-2,4,8H,(H,9,10). The molecule has 60 valence electrons. The van der Waals surface area contributed by atoms with Crippen LogP contribution in [-0.2, 0) is 4.79 Å². The molecule has 1 rings (SSSR count). The minimum absolute atomic E-state index is 0.428. The van der Waals surface area contributed by atoms with Gasteiger partial charge in [0.15, 0.2) is 6.10 Å². The zero-order valence-corrected chi connectivity index (χ0v) is 7.72. The third kappa shape index (κ3) is 1.79. The fourth-order valence-corrected chi connectivity index (χ4v) is 2.18. The summed E-state index contributed by atoms with van der Waals surface area (Å²) < 4.78 is 0.636. The van der Waals surface area contributed by atoms with Gasteiger partial charge in [-0.25, -0.2) is 4.79 Å². The number of hydrogen-bond donors (Lipinski definition) is 2. The SMILES string of the molecule is O=C(O)C(O)c1sccc1Br. The molecule has 0 amide bonds. The molecule has 2 N–H and O–H groups in total. The Morgan fingerprint density at radius 3 is 2.73 bits per heavy atom. The van der Waals surface area contributed by atoms with Gasteiger partial charge in [-0.1, -0.05) is 0 Å². The molecule has 1 aromatic rings. The van der Waals surface area contributed by atoms with E-state index in [1.165, 1.54) is 11.3 Å². The number of carbonyl (C=O) groups is 1. The van der Waals surface area contributed by atoms with Gasteiger partial charge in [-0.2, -0.15) is 0 Å². The molecule has 1 atom stereocenters. The molecule has 0 saturated carbocycles. The third-order valence-corrected chi connectivity index (χ3v) is 3.05. The average molecular weight is 237 g/mol. The van der Waals surface area contributed by atoms with Crippen molar-refractivity contribution in [3.05, 3.63) is 20.8 Å². The van der Waals surface area contributed by atoms with Gasteiger partial charge in [0.1, 0.15) is 0 Å². The first-order chi connectivity index (χ1) is 5.13. The average Bonchev–Trinajstić information content (AvgIpc) is 2.33. The van der Waals surface area contributed by atoms with Crippen LogP contribution in [0.5, 0.6) is 0 Å². The zero-order valence-electron chi connectivity index (χ0n) is 5.32. The van der Waals surface area contributed by atoms with Gasteiger partial charge >= 0.3 is 5.97 Å². The van der Waals surface area contributed by atoms with E-state index in [2.05, 4.69) is 15.9 Å². The van der Waals surface area contributed by atoms with E-state index in [9.17, 15) is 4.79 Å². The van der Waals surface area contributed by atoms with Crippen LogP contribution in [-0.4, -0.2) is 16.2 Å². The summed E-state index contributed by atoms with van der Waals surface area (Å²) >= 11 is 4.33. The Kier molecular flexibility index (Phi) is 2.64. The normalized spacial score (nSPS) is 12.9. The molecule has 11 heavy (non-hydrogen) atoms. The summed E-state index contributed by atoms with van der Waals surface area (Å²) in [5.41, 5.74) is 0. The van der Waals surface area contributed by atoms with E-state index in [0.29, 0.717) is 9.35 Å². The minimum atomic E-state index is -1.41. The molecule has 1 aromatic heterocycles. The van der Waals surface area contributed by atoms with Crippen molar-refractivity contribution in [1.82, 2.24) is 0 Å². The molecule has 1 heterocycles. The van der Waals surface area contributed by atoms with Crippen LogP contribution in [0.3, 0.4) is 0 Å². The molecule has 0 spiro atoms. The molecular formula is C6H5BrO3S. The summed E-state index contributed by atoms with van der Waals surface area (Å²) in [6.45, 7) is 0. The smallest absolute Gasteiger partial charge is 0.338 e. The van der Waals surface area contributed by atoms with Crippen molar-refractivity contribution in [1.29, 1.82) is 0 Å². The van der Waals surface area contributed by atoms with Crippen molar-refractivity contribution in [2.75, 3.05) is 0 Å². The minimum Gasteiger partial charge on any atom is -0.479 e. The highest BCUT2D eigenvalue weighted by atomic mass is 79.9. The summed E-state index contributed by atoms with van der Waals surface area (Å²) in [5, 5.41) is 19.2. The molecule has 0 aliphatic heterocycles. The maximum absolute atomic E-state index is 10.3. The van der Waals surface area contributed by atoms with E-state index in [1.54, 1.807) is 11.4 Å². The summed E-state index contributed by atoms with van der Waals surface area (Å²) in [5.74, 6) is -1.23. The van der Waals surface area contributed by atoms with E-state index in [1.807, 2.05) is 0 Å². The summed E-state index contributed by atoms with van der Waals surface area (Å²) in [7, 11) is 0. The maximum atomic E-state index is 10.3. The second-order valence-electron chi connectivity index (χ2n) is 1.87.